The minimum absolute atomic E-state index is 0.130. The minimum atomic E-state index is -0.823. The third-order valence-electron chi connectivity index (χ3n) is 4.80. The van der Waals surface area contributed by atoms with Crippen LogP contribution in [0.1, 0.15) is 75.2 Å². The molecule has 0 radical (unpaired) electrons. The van der Waals surface area contributed by atoms with Crippen LogP contribution in [0.5, 0.6) is 5.75 Å². The molecule has 0 aliphatic heterocycles. The normalized spacial score (nSPS) is 10.8. The van der Waals surface area contributed by atoms with Gasteiger partial charge in [-0.1, -0.05) is 70.4 Å². The molecule has 0 bridgehead atoms. The van der Waals surface area contributed by atoms with Gasteiger partial charge in [0, 0.05) is 12.1 Å². The van der Waals surface area contributed by atoms with E-state index in [2.05, 4.69) is 42.6 Å². The zero-order valence-corrected chi connectivity index (χ0v) is 18.2. The van der Waals surface area contributed by atoms with Crippen molar-refractivity contribution in [2.75, 3.05) is 6.54 Å². The fraction of sp³-hybridized carbons (Fsp3) is 0.480. The number of aromatic hydroxyl groups is 1. The molecule has 0 aliphatic carbocycles. The van der Waals surface area contributed by atoms with Crippen LogP contribution < -0.4 is 5.32 Å². The van der Waals surface area contributed by atoms with Crippen molar-refractivity contribution in [3.05, 3.63) is 65.7 Å². The molecule has 0 saturated carbocycles. The highest BCUT2D eigenvalue weighted by atomic mass is 16.3. The van der Waals surface area contributed by atoms with Gasteiger partial charge >= 0.3 is 0 Å². The lowest BCUT2D eigenvalue weighted by atomic mass is 9.92. The number of unbranched alkanes of at least 4 members (excludes halogenated alkanes) is 1. The first-order valence-electron chi connectivity index (χ1n) is 10.8. The first-order valence-corrected chi connectivity index (χ1v) is 10.8. The van der Waals surface area contributed by atoms with E-state index in [-0.39, 0.29) is 18.2 Å². The van der Waals surface area contributed by atoms with Gasteiger partial charge in [-0.25, -0.2) is 0 Å². The van der Waals surface area contributed by atoms with E-state index in [1.165, 1.54) is 37.0 Å². The lowest BCUT2D eigenvalue weighted by Crippen LogP contribution is -2.42. The summed E-state index contributed by atoms with van der Waals surface area (Å²) < 4.78 is 0. The lowest BCUT2D eigenvalue weighted by Gasteiger charge is -2.27. The quantitative estimate of drug-likeness (QED) is 0.495. The summed E-state index contributed by atoms with van der Waals surface area (Å²) in [6, 6.07) is 16.7. The van der Waals surface area contributed by atoms with Crippen molar-refractivity contribution in [2.24, 2.45) is 0 Å². The van der Waals surface area contributed by atoms with Crippen molar-refractivity contribution in [1.82, 2.24) is 5.32 Å². The molecule has 0 unspecified atom stereocenters. The van der Waals surface area contributed by atoms with E-state index in [4.69, 9.17) is 5.11 Å². The number of aliphatic hydroxyl groups is 1. The van der Waals surface area contributed by atoms with Crippen LogP contribution in [0.4, 0.5) is 0 Å². The Labute approximate surface area is 176 Å². The second-order valence-corrected chi connectivity index (χ2v) is 7.54. The van der Waals surface area contributed by atoms with Gasteiger partial charge in [-0.05, 0) is 55.5 Å². The van der Waals surface area contributed by atoms with Gasteiger partial charge in [-0.15, -0.1) is 0 Å². The molecule has 0 atom stereocenters. The molecule has 2 rings (SSSR count). The number of hydrogen-bond donors (Lipinski definition) is 3. The van der Waals surface area contributed by atoms with Crippen LogP contribution in [0.3, 0.4) is 0 Å². The number of phenolic OH excluding ortho intramolecular Hbond substituents is 1. The molecule has 29 heavy (non-hydrogen) atoms. The standard InChI is InChI=1S/C15H23NO3.C10H14/c1-3-9-15(19,10-4-2)11-16-14(18)12-5-7-13(17)8-6-12;1-2-3-7-10-8-5-4-6-9-10/h5-8,17,19H,3-4,9-11H2,1-2H3,(H,16,18);4-6,8-9H,2-3,7H2,1H3. The fourth-order valence-corrected chi connectivity index (χ4v) is 3.22. The number of amides is 1. The van der Waals surface area contributed by atoms with Crippen LogP contribution in [0.2, 0.25) is 0 Å². The summed E-state index contributed by atoms with van der Waals surface area (Å²) in [5.74, 6) is -0.101. The number of carbonyl (C=O) groups is 1. The molecule has 4 nitrogen and oxygen atoms in total. The van der Waals surface area contributed by atoms with Crippen molar-refractivity contribution >= 4 is 5.91 Å². The minimum Gasteiger partial charge on any atom is -0.508 e. The van der Waals surface area contributed by atoms with Gasteiger partial charge in [0.1, 0.15) is 5.75 Å². The molecule has 0 spiro atoms. The third kappa shape index (κ3) is 10.1. The number of phenols is 1. The predicted octanol–water partition coefficient (Wildman–Crippen LogP) is 5.48. The van der Waals surface area contributed by atoms with E-state index in [1.807, 2.05) is 13.8 Å². The van der Waals surface area contributed by atoms with E-state index in [9.17, 15) is 9.90 Å². The monoisotopic (exact) mass is 399 g/mol. The Bertz CT molecular complexity index is 677. The van der Waals surface area contributed by atoms with Gasteiger partial charge in [0.15, 0.2) is 0 Å². The number of carbonyl (C=O) groups excluding carboxylic acids is 1. The van der Waals surface area contributed by atoms with Gasteiger partial charge < -0.3 is 15.5 Å². The highest BCUT2D eigenvalue weighted by Gasteiger charge is 2.25. The summed E-state index contributed by atoms with van der Waals surface area (Å²) in [6.07, 6.45) is 6.95. The molecular weight excluding hydrogens is 362 g/mol. The number of nitrogens with one attached hydrogen (secondary N) is 1. The average molecular weight is 400 g/mol. The molecule has 160 valence electrons. The molecule has 2 aromatic rings. The van der Waals surface area contributed by atoms with E-state index in [1.54, 1.807) is 12.1 Å². The Balaban J connectivity index is 0.000000352. The van der Waals surface area contributed by atoms with Gasteiger partial charge in [0.25, 0.3) is 5.91 Å². The Hall–Kier alpha value is -2.33. The summed E-state index contributed by atoms with van der Waals surface area (Å²) in [5, 5.41) is 22.3. The zero-order chi connectivity index (χ0) is 21.5. The summed E-state index contributed by atoms with van der Waals surface area (Å²) in [5.41, 5.74) is 1.12. The second-order valence-electron chi connectivity index (χ2n) is 7.54. The fourth-order valence-electron chi connectivity index (χ4n) is 3.22. The molecule has 4 heteroatoms. The number of hydrogen-bond acceptors (Lipinski definition) is 3. The van der Waals surface area contributed by atoms with Crippen LogP contribution in [0.25, 0.3) is 0 Å². The van der Waals surface area contributed by atoms with Crippen molar-refractivity contribution in [1.29, 1.82) is 0 Å². The van der Waals surface area contributed by atoms with Gasteiger partial charge in [-0.3, -0.25) is 4.79 Å². The van der Waals surface area contributed by atoms with Crippen molar-refractivity contribution in [3.63, 3.8) is 0 Å². The SMILES string of the molecule is CCCC(O)(CCC)CNC(=O)c1ccc(O)cc1.CCCCc1ccccc1. The summed E-state index contributed by atoms with van der Waals surface area (Å²) >= 11 is 0. The molecule has 0 saturated heterocycles. The Morgan fingerprint density at radius 2 is 1.48 bits per heavy atom. The lowest BCUT2D eigenvalue weighted by molar-refractivity contribution is 0.0213. The van der Waals surface area contributed by atoms with Crippen molar-refractivity contribution in [3.8, 4) is 5.75 Å². The van der Waals surface area contributed by atoms with Gasteiger partial charge in [0.2, 0.25) is 0 Å². The van der Waals surface area contributed by atoms with Crippen LogP contribution >= 0.6 is 0 Å². The highest BCUT2D eigenvalue weighted by Crippen LogP contribution is 2.19. The maximum absolute atomic E-state index is 11.9. The van der Waals surface area contributed by atoms with Crippen LogP contribution in [-0.4, -0.2) is 28.3 Å². The number of benzene rings is 2. The average Bonchev–Trinajstić information content (AvgIpc) is 2.73. The van der Waals surface area contributed by atoms with Crippen molar-refractivity contribution < 1.29 is 15.0 Å². The van der Waals surface area contributed by atoms with E-state index < -0.39 is 5.60 Å². The smallest absolute Gasteiger partial charge is 0.251 e. The van der Waals surface area contributed by atoms with Crippen LogP contribution in [0.15, 0.2) is 54.6 Å². The summed E-state index contributed by atoms with van der Waals surface area (Å²) in [7, 11) is 0. The van der Waals surface area contributed by atoms with E-state index >= 15 is 0 Å². The van der Waals surface area contributed by atoms with Crippen molar-refractivity contribution in [2.45, 2.75) is 71.3 Å². The number of rotatable bonds is 10. The molecule has 0 heterocycles. The Morgan fingerprint density at radius 3 is 2.00 bits per heavy atom. The first kappa shape index (κ1) is 24.7. The molecule has 0 aromatic heterocycles. The topological polar surface area (TPSA) is 69.6 Å². The second kappa shape index (κ2) is 13.8. The molecule has 3 N–H and O–H groups in total. The highest BCUT2D eigenvalue weighted by molar-refractivity contribution is 5.94. The largest absolute Gasteiger partial charge is 0.508 e. The maximum Gasteiger partial charge on any atom is 0.251 e. The molecule has 0 aliphatic rings. The molecule has 1 amide bonds. The predicted molar refractivity (Wildman–Crippen MR) is 120 cm³/mol. The summed E-state index contributed by atoms with van der Waals surface area (Å²) in [6.45, 7) is 6.52. The van der Waals surface area contributed by atoms with Gasteiger partial charge in [-0.2, -0.15) is 0 Å². The maximum atomic E-state index is 11.9. The molecule has 0 fully saturated rings. The first-order chi connectivity index (χ1) is 13.9. The zero-order valence-electron chi connectivity index (χ0n) is 18.2. The van der Waals surface area contributed by atoms with Crippen LogP contribution in [0, 0.1) is 0 Å². The van der Waals surface area contributed by atoms with Gasteiger partial charge in [0.05, 0.1) is 5.60 Å². The third-order valence-corrected chi connectivity index (χ3v) is 4.80. The van der Waals surface area contributed by atoms with E-state index in [0.717, 1.165) is 12.8 Å². The Morgan fingerprint density at radius 1 is 0.897 bits per heavy atom. The summed E-state index contributed by atoms with van der Waals surface area (Å²) in [4.78, 5) is 11.9. The molecular formula is C25H37NO3. The molecule has 2 aromatic carbocycles. The number of aryl methyl sites for hydroxylation is 1. The Kier molecular flexibility index (Phi) is 11.7. The van der Waals surface area contributed by atoms with E-state index in [0.29, 0.717) is 18.4 Å². The van der Waals surface area contributed by atoms with Crippen LogP contribution in [-0.2, 0) is 6.42 Å².